The summed E-state index contributed by atoms with van der Waals surface area (Å²) in [5.74, 6) is -1.90. The van der Waals surface area contributed by atoms with Gasteiger partial charge in [-0.15, -0.1) is 11.3 Å². The molecule has 174 valence electrons. The van der Waals surface area contributed by atoms with E-state index >= 15 is 0 Å². The van der Waals surface area contributed by atoms with Crippen molar-refractivity contribution < 1.29 is 23.1 Å². The molecule has 0 aliphatic carbocycles. The van der Waals surface area contributed by atoms with Crippen molar-refractivity contribution >= 4 is 71.7 Å². The van der Waals surface area contributed by atoms with Crippen LogP contribution in [0.1, 0.15) is 15.9 Å². The van der Waals surface area contributed by atoms with Gasteiger partial charge in [0.25, 0.3) is 15.9 Å². The topological polar surface area (TPSA) is 125 Å². The number of aromatic nitrogens is 1. The van der Waals surface area contributed by atoms with Crippen LogP contribution in [-0.2, 0) is 21.2 Å². The lowest BCUT2D eigenvalue weighted by Crippen LogP contribution is -2.42. The van der Waals surface area contributed by atoms with Gasteiger partial charge in [-0.05, 0) is 58.5 Å². The van der Waals surface area contributed by atoms with E-state index in [9.17, 15) is 23.1 Å². The summed E-state index contributed by atoms with van der Waals surface area (Å²) >= 11 is 3.33. The largest absolute Gasteiger partial charge is 0.480 e. The van der Waals surface area contributed by atoms with Gasteiger partial charge >= 0.3 is 5.97 Å². The number of carboxylic acids is 1. The van der Waals surface area contributed by atoms with Crippen molar-refractivity contribution in [1.82, 2.24) is 10.3 Å². The number of hydrogen-bond donors (Lipinski definition) is 3. The van der Waals surface area contributed by atoms with E-state index in [1.807, 2.05) is 28.7 Å². The molecule has 0 unspecified atom stereocenters. The van der Waals surface area contributed by atoms with Gasteiger partial charge in [0.2, 0.25) is 0 Å². The highest BCUT2D eigenvalue weighted by molar-refractivity contribution is 14.1. The molecule has 3 aromatic carbocycles. The second kappa shape index (κ2) is 10.1. The van der Waals surface area contributed by atoms with Crippen LogP contribution in [0.4, 0.5) is 5.69 Å². The van der Waals surface area contributed by atoms with Crippen molar-refractivity contribution in [2.75, 3.05) is 4.72 Å². The molecule has 3 N–H and O–H groups in total. The Balaban J connectivity index is 1.63. The summed E-state index contributed by atoms with van der Waals surface area (Å²) in [6.45, 7) is 0. The molecule has 1 heterocycles. The Bertz CT molecular complexity index is 1470. The number of hydrogen-bond acceptors (Lipinski definition) is 6. The molecule has 0 saturated carbocycles. The third-order valence-electron chi connectivity index (χ3n) is 4.97. The number of fused-ring (bicyclic) bond motifs is 1. The third kappa shape index (κ3) is 5.37. The number of benzene rings is 3. The smallest absolute Gasteiger partial charge is 0.326 e. The summed E-state index contributed by atoms with van der Waals surface area (Å²) < 4.78 is 30.3. The lowest BCUT2D eigenvalue weighted by molar-refractivity contribution is -0.139. The molecular formula is C23H18IN3O5S2. The highest BCUT2D eigenvalue weighted by atomic mass is 127. The van der Waals surface area contributed by atoms with Crippen molar-refractivity contribution in [3.05, 3.63) is 86.9 Å². The number of aliphatic carboxylic acids is 1. The quantitative estimate of drug-likeness (QED) is 0.259. The molecule has 0 saturated heterocycles. The number of halogens is 1. The minimum atomic E-state index is -4.08. The zero-order valence-corrected chi connectivity index (χ0v) is 21.2. The predicted molar refractivity (Wildman–Crippen MR) is 139 cm³/mol. The third-order valence-corrected chi connectivity index (χ3v) is 7.83. The van der Waals surface area contributed by atoms with Gasteiger partial charge in [-0.1, -0.05) is 36.4 Å². The Labute approximate surface area is 213 Å². The highest BCUT2D eigenvalue weighted by Gasteiger charge is 2.25. The van der Waals surface area contributed by atoms with Crippen LogP contribution in [0.5, 0.6) is 0 Å². The van der Waals surface area contributed by atoms with E-state index in [0.717, 1.165) is 5.56 Å². The second-order valence-corrected chi connectivity index (χ2v) is 11.1. The average molecular weight is 607 g/mol. The fraction of sp³-hybridized carbons (Fsp3) is 0.0870. The molecule has 1 aromatic heterocycles. The summed E-state index contributed by atoms with van der Waals surface area (Å²) in [6.07, 6.45) is 0.0825. The maximum Gasteiger partial charge on any atom is 0.326 e. The molecule has 0 radical (unpaired) electrons. The van der Waals surface area contributed by atoms with Gasteiger partial charge in [-0.25, -0.2) is 18.2 Å². The van der Waals surface area contributed by atoms with Crippen LogP contribution < -0.4 is 10.0 Å². The molecule has 0 aliphatic rings. The average Bonchev–Trinajstić information content (AvgIpc) is 3.28. The Morgan fingerprint density at radius 3 is 2.56 bits per heavy atom. The molecular weight excluding hydrogens is 589 g/mol. The highest BCUT2D eigenvalue weighted by Crippen LogP contribution is 2.28. The van der Waals surface area contributed by atoms with Crippen LogP contribution in [0.2, 0.25) is 0 Å². The Kier molecular flexibility index (Phi) is 7.14. The van der Waals surface area contributed by atoms with Crippen LogP contribution in [-0.4, -0.2) is 36.4 Å². The van der Waals surface area contributed by atoms with Crippen LogP contribution >= 0.6 is 33.9 Å². The Morgan fingerprint density at radius 1 is 1.06 bits per heavy atom. The van der Waals surface area contributed by atoms with E-state index in [0.29, 0.717) is 13.8 Å². The van der Waals surface area contributed by atoms with Crippen molar-refractivity contribution in [3.8, 4) is 0 Å². The minimum absolute atomic E-state index is 0.00811. The number of carbonyl (C=O) groups excluding carboxylic acids is 1. The number of carbonyl (C=O) groups is 2. The van der Waals surface area contributed by atoms with Gasteiger partial charge in [0.15, 0.2) is 0 Å². The first-order valence-electron chi connectivity index (χ1n) is 9.97. The first-order valence-corrected chi connectivity index (χ1v) is 13.4. The number of anilines is 1. The van der Waals surface area contributed by atoms with Crippen LogP contribution in [0.15, 0.2) is 77.1 Å². The Hall–Kier alpha value is -3.03. The van der Waals surface area contributed by atoms with Crippen molar-refractivity contribution in [2.45, 2.75) is 17.4 Å². The molecule has 0 bridgehead atoms. The summed E-state index contributed by atoms with van der Waals surface area (Å²) in [5, 5.41) is 12.1. The van der Waals surface area contributed by atoms with E-state index in [1.54, 1.807) is 48.0 Å². The maximum atomic E-state index is 13.2. The van der Waals surface area contributed by atoms with Gasteiger partial charge in [0.05, 0.1) is 21.5 Å². The van der Waals surface area contributed by atoms with Gasteiger partial charge in [0, 0.05) is 9.99 Å². The molecule has 1 amide bonds. The Morgan fingerprint density at radius 2 is 1.82 bits per heavy atom. The summed E-state index contributed by atoms with van der Waals surface area (Å²) in [7, 11) is -4.08. The molecule has 8 nitrogen and oxygen atoms in total. The van der Waals surface area contributed by atoms with Crippen molar-refractivity contribution in [3.63, 3.8) is 0 Å². The van der Waals surface area contributed by atoms with Gasteiger partial charge < -0.3 is 10.4 Å². The number of amides is 1. The molecule has 34 heavy (non-hydrogen) atoms. The molecule has 0 spiro atoms. The van der Waals surface area contributed by atoms with Gasteiger partial charge in [-0.2, -0.15) is 0 Å². The lowest BCUT2D eigenvalue weighted by atomic mass is 10.1. The van der Waals surface area contributed by atoms with E-state index in [-0.39, 0.29) is 22.6 Å². The van der Waals surface area contributed by atoms with Crippen molar-refractivity contribution in [2.24, 2.45) is 0 Å². The maximum absolute atomic E-state index is 13.2. The monoisotopic (exact) mass is 607 g/mol. The van der Waals surface area contributed by atoms with Crippen LogP contribution in [0.25, 0.3) is 10.2 Å². The van der Waals surface area contributed by atoms with Crippen LogP contribution in [0, 0.1) is 3.57 Å². The van der Waals surface area contributed by atoms with Gasteiger partial charge in [-0.3, -0.25) is 9.52 Å². The number of para-hydroxylation sites is 1. The van der Waals surface area contributed by atoms with Crippen LogP contribution in [0.3, 0.4) is 0 Å². The molecule has 11 heteroatoms. The zero-order valence-electron chi connectivity index (χ0n) is 17.4. The normalized spacial score (nSPS) is 12.3. The fourth-order valence-electron chi connectivity index (χ4n) is 3.36. The second-order valence-electron chi connectivity index (χ2n) is 7.30. The lowest BCUT2D eigenvalue weighted by Gasteiger charge is -2.17. The molecule has 1 atom stereocenters. The number of rotatable bonds is 8. The standard InChI is InChI=1S/C23H18IN3O5S2/c24-15-9-10-16(22(28)26-18(23(29)30)11-14-5-2-1-3-6-14)17(12-15)27-34(31,32)20-8-4-7-19-21(20)25-13-33-19/h1-10,12-13,18,27H,11H2,(H,26,28)(H,29,30)/t18-/m0/s1. The zero-order chi connectivity index (χ0) is 24.3. The first kappa shape index (κ1) is 24.1. The SMILES string of the molecule is O=C(N[C@@H](Cc1ccccc1)C(=O)O)c1ccc(I)cc1NS(=O)(=O)c1cccc2scnc12. The molecule has 0 aliphatic heterocycles. The van der Waals surface area contributed by atoms with E-state index in [2.05, 4.69) is 15.0 Å². The molecule has 4 rings (SSSR count). The van der Waals surface area contributed by atoms with Gasteiger partial charge in [0.1, 0.15) is 16.5 Å². The summed E-state index contributed by atoms with van der Waals surface area (Å²) in [4.78, 5) is 29.0. The molecule has 0 fully saturated rings. The van der Waals surface area contributed by atoms with Crippen molar-refractivity contribution in [1.29, 1.82) is 0 Å². The number of carboxylic acid groups (broad SMARTS) is 1. The summed E-state index contributed by atoms with van der Waals surface area (Å²) in [6, 6.07) is 17.2. The number of nitrogens with one attached hydrogen (secondary N) is 2. The van der Waals surface area contributed by atoms with E-state index < -0.39 is 27.9 Å². The fourth-order valence-corrected chi connectivity index (χ4v) is 5.86. The summed E-state index contributed by atoms with van der Waals surface area (Å²) in [5.41, 5.74) is 2.70. The molecule has 4 aromatic rings. The minimum Gasteiger partial charge on any atom is -0.480 e. The number of thiazole rings is 1. The predicted octanol–water partition coefficient (Wildman–Crippen LogP) is 4.13. The number of nitrogens with zero attached hydrogens (tertiary/aromatic N) is 1. The van der Waals surface area contributed by atoms with E-state index in [4.69, 9.17) is 0 Å². The number of sulfonamides is 1. The first-order chi connectivity index (χ1) is 16.2. The van der Waals surface area contributed by atoms with E-state index in [1.165, 1.54) is 29.5 Å².